The van der Waals surface area contributed by atoms with Crippen LogP contribution in [-0.2, 0) is 14.3 Å². The summed E-state index contributed by atoms with van der Waals surface area (Å²) in [5, 5.41) is 0. The fourth-order valence-electron chi connectivity index (χ4n) is 1.43. The van der Waals surface area contributed by atoms with Crippen LogP contribution in [0.15, 0.2) is 0 Å². The Morgan fingerprint density at radius 1 is 1.75 bits per heavy atom. The van der Waals surface area contributed by atoms with E-state index in [0.717, 1.165) is 0 Å². The van der Waals surface area contributed by atoms with Crippen LogP contribution in [0.2, 0.25) is 0 Å². The van der Waals surface area contributed by atoms with Crippen LogP contribution in [0.25, 0.3) is 0 Å². The number of cyclic esters (lactones) is 1. The lowest BCUT2D eigenvalue weighted by Gasteiger charge is -2.15. The molecule has 0 aromatic heterocycles. The summed E-state index contributed by atoms with van der Waals surface area (Å²) in [5.41, 5.74) is 0. The summed E-state index contributed by atoms with van der Waals surface area (Å²) >= 11 is 0. The van der Waals surface area contributed by atoms with Crippen LogP contribution < -0.4 is 0 Å². The largest absolute Gasteiger partial charge is 0.462 e. The van der Waals surface area contributed by atoms with Crippen molar-refractivity contribution in [2.24, 2.45) is 5.92 Å². The van der Waals surface area contributed by atoms with Crippen LogP contribution in [-0.4, -0.2) is 17.9 Å². The van der Waals surface area contributed by atoms with Crippen molar-refractivity contribution in [2.75, 3.05) is 0 Å². The van der Waals surface area contributed by atoms with Gasteiger partial charge in [-0.15, -0.1) is 0 Å². The summed E-state index contributed by atoms with van der Waals surface area (Å²) in [4.78, 5) is 21.9. The third-order valence-corrected chi connectivity index (χ3v) is 2.33. The Kier molecular flexibility index (Phi) is 2.84. The van der Waals surface area contributed by atoms with Gasteiger partial charge in [0.25, 0.3) is 0 Å². The molecule has 0 aliphatic carbocycles. The van der Waals surface area contributed by atoms with E-state index in [9.17, 15) is 9.59 Å². The molecule has 3 nitrogen and oxygen atoms in total. The van der Waals surface area contributed by atoms with E-state index in [4.69, 9.17) is 4.74 Å². The number of hydrogen-bond donors (Lipinski definition) is 0. The molecule has 0 saturated carbocycles. The molecule has 0 aromatic rings. The van der Waals surface area contributed by atoms with Gasteiger partial charge in [0.15, 0.2) is 0 Å². The standard InChI is InChI=1S/C9H14O3/c1-3-7(10)6(2)8-4-5-9(11)12-8/h6,8H,3-5H2,1-2H3. The molecule has 1 heterocycles. The van der Waals surface area contributed by atoms with Gasteiger partial charge in [-0.25, -0.2) is 0 Å². The van der Waals surface area contributed by atoms with Crippen molar-refractivity contribution in [1.29, 1.82) is 0 Å². The van der Waals surface area contributed by atoms with Crippen LogP contribution in [0, 0.1) is 5.92 Å². The maximum absolute atomic E-state index is 11.2. The highest BCUT2D eigenvalue weighted by molar-refractivity contribution is 5.82. The summed E-state index contributed by atoms with van der Waals surface area (Å²) in [6, 6.07) is 0. The third-order valence-electron chi connectivity index (χ3n) is 2.33. The number of ether oxygens (including phenoxy) is 1. The first kappa shape index (κ1) is 9.23. The van der Waals surface area contributed by atoms with Crippen LogP contribution in [0.5, 0.6) is 0 Å². The highest BCUT2D eigenvalue weighted by atomic mass is 16.5. The molecule has 0 bridgehead atoms. The first-order chi connectivity index (χ1) is 5.65. The summed E-state index contributed by atoms with van der Waals surface area (Å²) in [5.74, 6) is -0.119. The number of rotatable bonds is 3. The molecule has 0 amide bonds. The minimum atomic E-state index is -0.171. The summed E-state index contributed by atoms with van der Waals surface area (Å²) in [6.07, 6.45) is 1.53. The van der Waals surface area contributed by atoms with Gasteiger partial charge >= 0.3 is 5.97 Å². The average molecular weight is 170 g/mol. The van der Waals surface area contributed by atoms with Gasteiger partial charge in [-0.3, -0.25) is 9.59 Å². The molecule has 12 heavy (non-hydrogen) atoms. The molecule has 0 radical (unpaired) electrons. The SMILES string of the molecule is CCC(=O)C(C)C1CCC(=O)O1. The van der Waals surface area contributed by atoms with Gasteiger partial charge in [0.2, 0.25) is 0 Å². The van der Waals surface area contributed by atoms with E-state index >= 15 is 0 Å². The van der Waals surface area contributed by atoms with Crippen molar-refractivity contribution < 1.29 is 14.3 Å². The van der Waals surface area contributed by atoms with Gasteiger partial charge < -0.3 is 4.74 Å². The molecule has 3 heteroatoms. The summed E-state index contributed by atoms with van der Waals surface area (Å²) < 4.78 is 4.99. The second-order valence-corrected chi connectivity index (χ2v) is 3.18. The fraction of sp³-hybridized carbons (Fsp3) is 0.778. The maximum atomic E-state index is 11.2. The molecule has 1 saturated heterocycles. The third kappa shape index (κ3) is 1.84. The summed E-state index contributed by atoms with van der Waals surface area (Å²) in [6.45, 7) is 3.66. The fourth-order valence-corrected chi connectivity index (χ4v) is 1.43. The predicted octanol–water partition coefficient (Wildman–Crippen LogP) is 1.31. The Hall–Kier alpha value is -0.860. The minimum Gasteiger partial charge on any atom is -0.462 e. The van der Waals surface area contributed by atoms with Crippen molar-refractivity contribution >= 4 is 11.8 Å². The number of hydrogen-bond acceptors (Lipinski definition) is 3. The van der Waals surface area contributed by atoms with Gasteiger partial charge in [0.05, 0.1) is 5.92 Å². The number of ketones is 1. The number of Topliss-reactive ketones (excluding diaryl/α,β-unsaturated/α-hetero) is 1. The van der Waals surface area contributed by atoms with E-state index in [1.165, 1.54) is 0 Å². The molecule has 68 valence electrons. The van der Waals surface area contributed by atoms with E-state index in [1.807, 2.05) is 13.8 Å². The molecular formula is C9H14O3. The zero-order chi connectivity index (χ0) is 9.14. The van der Waals surface area contributed by atoms with Gasteiger partial charge in [-0.1, -0.05) is 13.8 Å². The van der Waals surface area contributed by atoms with Crippen LogP contribution in [0.1, 0.15) is 33.1 Å². The maximum Gasteiger partial charge on any atom is 0.306 e. The Bertz CT molecular complexity index is 198. The summed E-state index contributed by atoms with van der Waals surface area (Å²) in [7, 11) is 0. The lowest BCUT2D eigenvalue weighted by molar-refractivity contribution is -0.144. The Labute approximate surface area is 72.1 Å². The molecule has 1 rings (SSSR count). The van der Waals surface area contributed by atoms with Gasteiger partial charge in [-0.05, 0) is 6.42 Å². The van der Waals surface area contributed by atoms with Gasteiger partial charge in [-0.2, -0.15) is 0 Å². The van der Waals surface area contributed by atoms with Crippen molar-refractivity contribution in [3.8, 4) is 0 Å². The topological polar surface area (TPSA) is 43.4 Å². The van der Waals surface area contributed by atoms with E-state index in [1.54, 1.807) is 0 Å². The average Bonchev–Trinajstić information content (AvgIpc) is 2.49. The van der Waals surface area contributed by atoms with Gasteiger partial charge in [0, 0.05) is 12.8 Å². The lowest BCUT2D eigenvalue weighted by Crippen LogP contribution is -2.24. The highest BCUT2D eigenvalue weighted by Gasteiger charge is 2.31. The van der Waals surface area contributed by atoms with E-state index in [-0.39, 0.29) is 23.8 Å². The number of esters is 1. The first-order valence-electron chi connectivity index (χ1n) is 4.37. The lowest BCUT2D eigenvalue weighted by atomic mass is 9.96. The van der Waals surface area contributed by atoms with E-state index in [2.05, 4.69) is 0 Å². The van der Waals surface area contributed by atoms with E-state index in [0.29, 0.717) is 19.3 Å². The van der Waals surface area contributed by atoms with Gasteiger partial charge in [0.1, 0.15) is 11.9 Å². The second kappa shape index (κ2) is 3.70. The molecule has 0 N–H and O–H groups in total. The smallest absolute Gasteiger partial charge is 0.306 e. The molecule has 2 unspecified atom stereocenters. The van der Waals surface area contributed by atoms with Crippen LogP contribution in [0.3, 0.4) is 0 Å². The molecule has 0 spiro atoms. The Balaban J connectivity index is 2.48. The molecule has 1 aliphatic heterocycles. The molecule has 1 aliphatic rings. The second-order valence-electron chi connectivity index (χ2n) is 3.18. The normalized spacial score (nSPS) is 25.2. The van der Waals surface area contributed by atoms with Crippen molar-refractivity contribution in [3.05, 3.63) is 0 Å². The van der Waals surface area contributed by atoms with Crippen LogP contribution >= 0.6 is 0 Å². The van der Waals surface area contributed by atoms with E-state index < -0.39 is 0 Å². The monoisotopic (exact) mass is 170 g/mol. The molecule has 1 fully saturated rings. The first-order valence-corrected chi connectivity index (χ1v) is 4.37. The quantitative estimate of drug-likeness (QED) is 0.600. The Morgan fingerprint density at radius 3 is 2.83 bits per heavy atom. The van der Waals surface area contributed by atoms with Crippen molar-refractivity contribution in [3.63, 3.8) is 0 Å². The molecule has 0 aromatic carbocycles. The molecular weight excluding hydrogens is 156 g/mol. The minimum absolute atomic E-state index is 0.124. The Morgan fingerprint density at radius 2 is 2.42 bits per heavy atom. The zero-order valence-electron chi connectivity index (χ0n) is 7.50. The van der Waals surface area contributed by atoms with Crippen molar-refractivity contribution in [2.45, 2.75) is 39.2 Å². The zero-order valence-corrected chi connectivity index (χ0v) is 7.50. The number of carbonyl (C=O) groups excluding carboxylic acids is 2. The predicted molar refractivity (Wildman–Crippen MR) is 43.6 cm³/mol. The highest BCUT2D eigenvalue weighted by Crippen LogP contribution is 2.22. The van der Waals surface area contributed by atoms with Crippen molar-refractivity contribution in [1.82, 2.24) is 0 Å². The number of carbonyl (C=O) groups is 2. The molecule has 2 atom stereocenters. The van der Waals surface area contributed by atoms with Crippen LogP contribution in [0.4, 0.5) is 0 Å².